The number of anilines is 1. The van der Waals surface area contributed by atoms with Gasteiger partial charge < -0.3 is 20.4 Å². The van der Waals surface area contributed by atoms with Gasteiger partial charge in [-0.3, -0.25) is 14.2 Å². The van der Waals surface area contributed by atoms with Gasteiger partial charge in [-0.2, -0.15) is 13.2 Å². The zero-order chi connectivity index (χ0) is 27.9. The van der Waals surface area contributed by atoms with Gasteiger partial charge in [-0.25, -0.2) is 18.7 Å². The molecule has 3 atom stereocenters. The first-order valence-corrected chi connectivity index (χ1v) is 11.6. The van der Waals surface area contributed by atoms with Crippen LogP contribution in [0.5, 0.6) is 0 Å². The van der Waals surface area contributed by atoms with E-state index in [9.17, 15) is 41.8 Å². The number of nitrogens with one attached hydrogen (secondary N) is 1. The molecule has 1 fully saturated rings. The van der Waals surface area contributed by atoms with Gasteiger partial charge in [0.2, 0.25) is 5.43 Å². The minimum absolute atomic E-state index is 0.00222. The van der Waals surface area contributed by atoms with Gasteiger partial charge in [0, 0.05) is 25.4 Å². The summed E-state index contributed by atoms with van der Waals surface area (Å²) in [4.78, 5) is 35.7. The van der Waals surface area contributed by atoms with Crippen LogP contribution in [0.3, 0.4) is 0 Å². The Labute approximate surface area is 212 Å². The summed E-state index contributed by atoms with van der Waals surface area (Å²) in [6.45, 7) is 3.08. The smallest absolute Gasteiger partial charge is 0.389 e. The number of amides is 1. The Balaban J connectivity index is 1.88. The first-order valence-electron chi connectivity index (χ1n) is 11.6. The Hall–Kier alpha value is -3.65. The zero-order valence-corrected chi connectivity index (χ0v) is 20.2. The van der Waals surface area contributed by atoms with E-state index in [4.69, 9.17) is 0 Å². The van der Waals surface area contributed by atoms with E-state index in [1.165, 1.54) is 17.0 Å². The molecule has 4 rings (SSSR count). The lowest BCUT2D eigenvalue weighted by molar-refractivity contribution is -0.156. The first kappa shape index (κ1) is 27.4. The van der Waals surface area contributed by atoms with Crippen molar-refractivity contribution in [2.45, 2.75) is 44.7 Å². The minimum atomic E-state index is -4.79. The van der Waals surface area contributed by atoms with Crippen LogP contribution in [0.15, 0.2) is 35.4 Å². The molecular formula is C24H24F5N5O4. The molecule has 0 radical (unpaired) electrons. The maximum atomic E-state index is 14.8. The van der Waals surface area contributed by atoms with Crippen LogP contribution < -0.4 is 15.6 Å². The van der Waals surface area contributed by atoms with Crippen molar-refractivity contribution in [3.8, 4) is 5.82 Å². The Morgan fingerprint density at radius 3 is 2.42 bits per heavy atom. The molecule has 1 aliphatic heterocycles. The number of aliphatic hydroxyl groups is 2. The number of hydrogen-bond acceptors (Lipinski definition) is 7. The van der Waals surface area contributed by atoms with Crippen LogP contribution in [0.4, 0.5) is 27.8 Å². The second-order valence-electron chi connectivity index (χ2n) is 9.48. The van der Waals surface area contributed by atoms with E-state index in [-0.39, 0.29) is 29.9 Å². The number of aliphatic hydroxyl groups excluding tert-OH is 2. The van der Waals surface area contributed by atoms with E-state index in [2.05, 4.69) is 9.97 Å². The molecule has 0 aromatic carbocycles. The van der Waals surface area contributed by atoms with Crippen molar-refractivity contribution in [1.29, 1.82) is 0 Å². The van der Waals surface area contributed by atoms with Crippen LogP contribution >= 0.6 is 0 Å². The molecule has 3 aromatic rings. The van der Waals surface area contributed by atoms with Crippen molar-refractivity contribution in [1.82, 2.24) is 19.9 Å². The molecule has 1 unspecified atom stereocenters. The van der Waals surface area contributed by atoms with Gasteiger partial charge in [0.15, 0.2) is 17.3 Å². The first-order chi connectivity index (χ1) is 17.8. The van der Waals surface area contributed by atoms with Crippen molar-refractivity contribution in [3.63, 3.8) is 0 Å². The SMILES string of the molecule is CC(C)CC(NC(=O)c1cn(-c2ncc(F)cc2F)c2nc(N3C[C@@H](O)[C@H](O)C3)ccc2c1=O)C(F)(F)F. The molecule has 14 heteroatoms. The number of rotatable bonds is 6. The fraction of sp³-hybridized carbons (Fsp3) is 0.417. The van der Waals surface area contributed by atoms with Crippen LogP contribution in [0.1, 0.15) is 30.6 Å². The van der Waals surface area contributed by atoms with Gasteiger partial charge in [0.1, 0.15) is 23.2 Å². The van der Waals surface area contributed by atoms with Crippen molar-refractivity contribution < 1.29 is 37.0 Å². The third-order valence-electron chi connectivity index (χ3n) is 6.09. The van der Waals surface area contributed by atoms with Gasteiger partial charge in [-0.15, -0.1) is 0 Å². The Morgan fingerprint density at radius 2 is 1.84 bits per heavy atom. The molecule has 0 saturated carbocycles. The number of hydrogen-bond donors (Lipinski definition) is 3. The van der Waals surface area contributed by atoms with Gasteiger partial charge in [-0.05, 0) is 24.5 Å². The highest BCUT2D eigenvalue weighted by Gasteiger charge is 2.41. The second-order valence-corrected chi connectivity index (χ2v) is 9.48. The molecule has 204 valence electrons. The van der Waals surface area contributed by atoms with E-state index in [1.54, 1.807) is 13.8 Å². The molecule has 0 spiro atoms. The molecule has 0 bridgehead atoms. The third-order valence-corrected chi connectivity index (χ3v) is 6.09. The number of alkyl halides is 3. The number of halogens is 5. The summed E-state index contributed by atoms with van der Waals surface area (Å²) in [5.74, 6) is -4.36. The monoisotopic (exact) mass is 541 g/mol. The Bertz CT molecular complexity index is 1420. The number of nitrogens with zero attached hydrogens (tertiary/aromatic N) is 4. The topological polar surface area (TPSA) is 121 Å². The summed E-state index contributed by atoms with van der Waals surface area (Å²) in [5.41, 5.74) is -1.93. The minimum Gasteiger partial charge on any atom is -0.389 e. The largest absolute Gasteiger partial charge is 0.408 e. The van der Waals surface area contributed by atoms with Gasteiger partial charge in [0.05, 0.1) is 23.8 Å². The van der Waals surface area contributed by atoms with Crippen LogP contribution in [0.25, 0.3) is 16.9 Å². The standard InChI is InChI=1S/C24H24F5N5O4/c1-11(2)5-18(24(27,28)29)31-23(38)14-8-34(22-15(26)6-12(25)7-30-22)21-13(20(14)37)3-4-19(32-21)33-9-16(35)17(36)10-33/h3-4,6-8,11,16-18,35-36H,5,9-10H2,1-2H3,(H,31,38)/t16-,17-,18?/m1/s1. The highest BCUT2D eigenvalue weighted by molar-refractivity contribution is 5.97. The molecule has 0 aliphatic carbocycles. The summed E-state index contributed by atoms with van der Waals surface area (Å²) in [7, 11) is 0. The predicted octanol–water partition coefficient (Wildman–Crippen LogP) is 2.31. The third kappa shape index (κ3) is 5.45. The zero-order valence-electron chi connectivity index (χ0n) is 20.2. The van der Waals surface area contributed by atoms with Crippen molar-refractivity contribution in [2.24, 2.45) is 5.92 Å². The summed E-state index contributed by atoms with van der Waals surface area (Å²) >= 11 is 0. The van der Waals surface area contributed by atoms with Gasteiger partial charge in [0.25, 0.3) is 5.91 Å². The maximum absolute atomic E-state index is 14.8. The molecule has 38 heavy (non-hydrogen) atoms. The summed E-state index contributed by atoms with van der Waals surface area (Å²) in [6, 6.07) is 0.853. The van der Waals surface area contributed by atoms with Crippen LogP contribution in [-0.2, 0) is 0 Å². The average Bonchev–Trinajstić information content (AvgIpc) is 3.16. The summed E-state index contributed by atoms with van der Waals surface area (Å²) < 4.78 is 69.8. The molecule has 9 nitrogen and oxygen atoms in total. The van der Waals surface area contributed by atoms with Crippen molar-refractivity contribution in [2.75, 3.05) is 18.0 Å². The van der Waals surface area contributed by atoms with Crippen LogP contribution in [-0.4, -0.2) is 68.2 Å². The molecule has 1 amide bonds. The normalized spacial score (nSPS) is 18.8. The van der Waals surface area contributed by atoms with E-state index < -0.39 is 71.1 Å². The van der Waals surface area contributed by atoms with E-state index in [0.717, 1.165) is 10.8 Å². The molecule has 4 heterocycles. The lowest BCUT2D eigenvalue weighted by Crippen LogP contribution is -2.47. The predicted molar refractivity (Wildman–Crippen MR) is 126 cm³/mol. The number of carbonyl (C=O) groups is 1. The van der Waals surface area contributed by atoms with Crippen LogP contribution in [0.2, 0.25) is 0 Å². The Morgan fingerprint density at radius 1 is 1.18 bits per heavy atom. The average molecular weight is 541 g/mol. The Kier molecular flexibility index (Phi) is 7.39. The van der Waals surface area contributed by atoms with Crippen LogP contribution in [0, 0.1) is 17.6 Å². The molecule has 1 aliphatic rings. The fourth-order valence-electron chi connectivity index (χ4n) is 4.22. The number of fused-ring (bicyclic) bond motifs is 1. The molecule has 1 saturated heterocycles. The lowest BCUT2D eigenvalue weighted by atomic mass is 10.0. The van der Waals surface area contributed by atoms with E-state index in [1.807, 2.05) is 5.32 Å². The highest BCUT2D eigenvalue weighted by atomic mass is 19.4. The van der Waals surface area contributed by atoms with Gasteiger partial charge in [-0.1, -0.05) is 13.8 Å². The lowest BCUT2D eigenvalue weighted by Gasteiger charge is -2.23. The van der Waals surface area contributed by atoms with E-state index in [0.29, 0.717) is 12.3 Å². The number of carbonyl (C=O) groups excluding carboxylic acids is 1. The fourth-order valence-corrected chi connectivity index (χ4v) is 4.22. The van der Waals surface area contributed by atoms with E-state index >= 15 is 0 Å². The summed E-state index contributed by atoms with van der Waals surface area (Å²) in [5, 5.41) is 21.3. The van der Waals surface area contributed by atoms with Crippen molar-refractivity contribution >= 4 is 22.8 Å². The quantitative estimate of drug-likeness (QED) is 0.410. The number of aromatic nitrogens is 3. The van der Waals surface area contributed by atoms with Gasteiger partial charge >= 0.3 is 6.18 Å². The number of β-amino-alcohol motifs (C(OH)–C–C–N with tert-alkyl or cyclic N) is 2. The maximum Gasteiger partial charge on any atom is 0.408 e. The second kappa shape index (κ2) is 10.3. The molecule has 3 N–H and O–H groups in total. The summed E-state index contributed by atoms with van der Waals surface area (Å²) in [6.07, 6.45) is -5.88. The molecular weight excluding hydrogens is 517 g/mol. The highest BCUT2D eigenvalue weighted by Crippen LogP contribution is 2.27. The number of pyridine rings is 3. The molecule has 3 aromatic heterocycles. The van der Waals surface area contributed by atoms with Crippen molar-refractivity contribution in [3.05, 3.63) is 58.0 Å².